The van der Waals surface area contributed by atoms with Crippen molar-refractivity contribution in [3.05, 3.63) is 0 Å². The molecule has 0 aromatic carbocycles. The number of hydrogen-bond donors (Lipinski definition) is 1. The van der Waals surface area contributed by atoms with E-state index in [1.165, 1.54) is 45.3 Å². The number of hydrogen-bond acceptors (Lipinski definition) is 4. The molecule has 0 radical (unpaired) electrons. The molecule has 0 aromatic heterocycles. The van der Waals surface area contributed by atoms with Crippen LogP contribution in [0, 0.1) is 5.92 Å². The van der Waals surface area contributed by atoms with Crippen molar-refractivity contribution in [1.29, 1.82) is 0 Å². The molecule has 2 saturated heterocycles. The zero-order chi connectivity index (χ0) is 14.4. The lowest BCUT2D eigenvalue weighted by molar-refractivity contribution is 0.00927. The van der Waals surface area contributed by atoms with Crippen molar-refractivity contribution in [3.63, 3.8) is 0 Å². The second kappa shape index (κ2) is 8.32. The van der Waals surface area contributed by atoms with Crippen LogP contribution >= 0.6 is 0 Å². The Labute approximate surface area is 124 Å². The van der Waals surface area contributed by atoms with Crippen LogP contribution < -0.4 is 5.32 Å². The molecule has 2 aliphatic heterocycles. The molecule has 4 nitrogen and oxygen atoms in total. The summed E-state index contributed by atoms with van der Waals surface area (Å²) >= 11 is 0. The molecule has 2 heterocycles. The van der Waals surface area contributed by atoms with Crippen molar-refractivity contribution in [2.75, 3.05) is 53.5 Å². The van der Waals surface area contributed by atoms with Gasteiger partial charge in [-0.2, -0.15) is 0 Å². The van der Waals surface area contributed by atoms with Crippen molar-refractivity contribution >= 4 is 0 Å². The first-order chi connectivity index (χ1) is 9.70. The summed E-state index contributed by atoms with van der Waals surface area (Å²) in [6.07, 6.45) is 5.07. The van der Waals surface area contributed by atoms with Crippen LogP contribution in [0.1, 0.15) is 32.6 Å². The molecule has 118 valence electrons. The van der Waals surface area contributed by atoms with Crippen molar-refractivity contribution in [1.82, 2.24) is 15.1 Å². The molecular formula is C16H33N3O. The molecule has 0 amide bonds. The molecule has 3 unspecified atom stereocenters. The molecule has 0 spiro atoms. The first-order valence-corrected chi connectivity index (χ1v) is 8.40. The van der Waals surface area contributed by atoms with E-state index in [1.807, 2.05) is 0 Å². The fraction of sp³-hybridized carbons (Fsp3) is 1.00. The fourth-order valence-corrected chi connectivity index (χ4v) is 3.59. The summed E-state index contributed by atoms with van der Waals surface area (Å²) in [5.74, 6) is 0.646. The third-order valence-electron chi connectivity index (χ3n) is 4.88. The highest BCUT2D eigenvalue weighted by atomic mass is 16.5. The van der Waals surface area contributed by atoms with E-state index in [9.17, 15) is 0 Å². The summed E-state index contributed by atoms with van der Waals surface area (Å²) in [6, 6.07) is 1.37. The smallest absolute Gasteiger partial charge is 0.0521 e. The summed E-state index contributed by atoms with van der Waals surface area (Å²) in [4.78, 5) is 5.05. The van der Waals surface area contributed by atoms with E-state index in [0.717, 1.165) is 25.8 Å². The SMILES string of the molecule is CCCNC1CCOCC1CN(C)C1CCCN(C)C1. The lowest BCUT2D eigenvalue weighted by Gasteiger charge is -2.40. The van der Waals surface area contributed by atoms with Gasteiger partial charge in [0.15, 0.2) is 0 Å². The molecule has 0 saturated carbocycles. The molecule has 2 fully saturated rings. The van der Waals surface area contributed by atoms with Crippen LogP contribution in [0.25, 0.3) is 0 Å². The Morgan fingerprint density at radius 2 is 2.20 bits per heavy atom. The van der Waals surface area contributed by atoms with Gasteiger partial charge in [-0.15, -0.1) is 0 Å². The third-order valence-corrected chi connectivity index (χ3v) is 4.88. The molecule has 0 aliphatic carbocycles. The highest BCUT2D eigenvalue weighted by molar-refractivity contribution is 4.85. The number of likely N-dealkylation sites (N-methyl/N-ethyl adjacent to an activating group) is 2. The molecular weight excluding hydrogens is 250 g/mol. The topological polar surface area (TPSA) is 27.7 Å². The monoisotopic (exact) mass is 283 g/mol. The molecule has 2 rings (SSSR count). The van der Waals surface area contributed by atoms with Gasteiger partial charge in [-0.05, 0) is 52.9 Å². The largest absolute Gasteiger partial charge is 0.381 e. The maximum absolute atomic E-state index is 5.72. The summed E-state index contributed by atoms with van der Waals surface area (Å²) < 4.78 is 5.72. The number of nitrogens with one attached hydrogen (secondary N) is 1. The zero-order valence-corrected chi connectivity index (χ0v) is 13.6. The average molecular weight is 283 g/mol. The van der Waals surface area contributed by atoms with Crippen molar-refractivity contribution in [2.45, 2.75) is 44.7 Å². The molecule has 20 heavy (non-hydrogen) atoms. The Hall–Kier alpha value is -0.160. The van der Waals surface area contributed by atoms with Gasteiger partial charge in [0.05, 0.1) is 6.61 Å². The average Bonchev–Trinajstić information content (AvgIpc) is 2.46. The zero-order valence-electron chi connectivity index (χ0n) is 13.6. The van der Waals surface area contributed by atoms with Gasteiger partial charge in [0.2, 0.25) is 0 Å². The number of likely N-dealkylation sites (tertiary alicyclic amines) is 1. The Kier molecular flexibility index (Phi) is 6.75. The molecule has 3 atom stereocenters. The Bertz CT molecular complexity index is 274. The quantitative estimate of drug-likeness (QED) is 0.798. The minimum absolute atomic E-state index is 0.646. The molecule has 4 heteroatoms. The van der Waals surface area contributed by atoms with Crippen LogP contribution in [-0.2, 0) is 4.74 Å². The minimum atomic E-state index is 0.646. The van der Waals surface area contributed by atoms with Crippen LogP contribution in [0.15, 0.2) is 0 Å². The van der Waals surface area contributed by atoms with Crippen LogP contribution in [0.3, 0.4) is 0 Å². The van der Waals surface area contributed by atoms with Crippen LogP contribution in [-0.4, -0.2) is 75.4 Å². The van der Waals surface area contributed by atoms with Gasteiger partial charge < -0.3 is 19.9 Å². The van der Waals surface area contributed by atoms with Gasteiger partial charge >= 0.3 is 0 Å². The Balaban J connectivity index is 1.82. The maximum Gasteiger partial charge on any atom is 0.0521 e. The first kappa shape index (κ1) is 16.2. The molecule has 0 aromatic rings. The van der Waals surface area contributed by atoms with Crippen molar-refractivity contribution in [3.8, 4) is 0 Å². The molecule has 2 aliphatic rings. The lowest BCUT2D eigenvalue weighted by Crippen LogP contribution is -2.51. The first-order valence-electron chi connectivity index (χ1n) is 8.40. The van der Waals surface area contributed by atoms with Crippen molar-refractivity contribution < 1.29 is 4.74 Å². The van der Waals surface area contributed by atoms with Gasteiger partial charge in [0, 0.05) is 37.7 Å². The summed E-state index contributed by atoms with van der Waals surface area (Å²) in [5.41, 5.74) is 0. The fourth-order valence-electron chi connectivity index (χ4n) is 3.59. The predicted octanol–water partition coefficient (Wildman–Crippen LogP) is 1.42. The van der Waals surface area contributed by atoms with E-state index in [2.05, 4.69) is 36.1 Å². The number of rotatable bonds is 6. The third kappa shape index (κ3) is 4.69. The number of piperidine rings is 1. The second-order valence-corrected chi connectivity index (χ2v) is 6.68. The second-order valence-electron chi connectivity index (χ2n) is 6.68. The van der Waals surface area contributed by atoms with E-state index < -0.39 is 0 Å². The maximum atomic E-state index is 5.72. The van der Waals surface area contributed by atoms with Gasteiger partial charge in [0.25, 0.3) is 0 Å². The van der Waals surface area contributed by atoms with Crippen LogP contribution in [0.4, 0.5) is 0 Å². The summed E-state index contributed by atoms with van der Waals surface area (Å²) in [5, 5.41) is 3.72. The van der Waals surface area contributed by atoms with E-state index in [1.54, 1.807) is 0 Å². The normalized spacial score (nSPS) is 32.7. The van der Waals surface area contributed by atoms with Crippen LogP contribution in [0.5, 0.6) is 0 Å². The predicted molar refractivity (Wildman–Crippen MR) is 84.2 cm³/mol. The van der Waals surface area contributed by atoms with E-state index in [4.69, 9.17) is 4.74 Å². The minimum Gasteiger partial charge on any atom is -0.381 e. The van der Waals surface area contributed by atoms with Gasteiger partial charge in [-0.25, -0.2) is 0 Å². The van der Waals surface area contributed by atoms with E-state index in [0.29, 0.717) is 12.0 Å². The lowest BCUT2D eigenvalue weighted by atomic mass is 9.93. The highest BCUT2D eigenvalue weighted by Gasteiger charge is 2.29. The number of nitrogens with zero attached hydrogens (tertiary/aromatic N) is 2. The molecule has 0 bridgehead atoms. The van der Waals surface area contributed by atoms with Gasteiger partial charge in [0.1, 0.15) is 0 Å². The van der Waals surface area contributed by atoms with Crippen LogP contribution in [0.2, 0.25) is 0 Å². The summed E-state index contributed by atoms with van der Waals surface area (Å²) in [7, 11) is 4.55. The number of ether oxygens (including phenoxy) is 1. The Morgan fingerprint density at radius 3 is 2.95 bits per heavy atom. The Morgan fingerprint density at radius 1 is 1.35 bits per heavy atom. The molecule has 1 N–H and O–H groups in total. The highest BCUT2D eigenvalue weighted by Crippen LogP contribution is 2.20. The van der Waals surface area contributed by atoms with E-state index in [-0.39, 0.29) is 0 Å². The van der Waals surface area contributed by atoms with E-state index >= 15 is 0 Å². The summed E-state index contributed by atoms with van der Waals surface area (Å²) in [6.45, 7) is 8.87. The van der Waals surface area contributed by atoms with Crippen molar-refractivity contribution in [2.24, 2.45) is 5.92 Å². The standard InChI is InChI=1S/C16H33N3O/c1-4-8-17-16-7-10-20-13-14(16)11-19(3)15-6-5-9-18(2)12-15/h14-17H,4-13H2,1-3H3. The van der Waals surface area contributed by atoms with Gasteiger partial charge in [-0.1, -0.05) is 6.92 Å². The van der Waals surface area contributed by atoms with Gasteiger partial charge in [-0.3, -0.25) is 0 Å².